The maximum Gasteiger partial charge on any atom is 1.00 e. The summed E-state index contributed by atoms with van der Waals surface area (Å²) in [6, 6.07) is 43.3. The zero-order valence-electron chi connectivity index (χ0n) is 39.8. The summed E-state index contributed by atoms with van der Waals surface area (Å²) in [5.41, 5.74) is 6.26. The maximum absolute atomic E-state index is 12.3. The fourth-order valence-corrected chi connectivity index (χ4v) is 6.59. The average molecular weight is 1120 g/mol. The van der Waals surface area contributed by atoms with Crippen LogP contribution in [0.5, 0.6) is 0 Å². The molecule has 4 aromatic heterocycles. The number of carboxylic acid groups (broad SMARTS) is 2. The summed E-state index contributed by atoms with van der Waals surface area (Å²) in [4.78, 5) is 61.0. The van der Waals surface area contributed by atoms with Gasteiger partial charge < -0.3 is 31.3 Å². The van der Waals surface area contributed by atoms with E-state index in [0.717, 1.165) is 11.4 Å². The number of alkyl halides is 1. The third-order valence-corrected chi connectivity index (χ3v) is 9.58. The number of aryl methyl sites for hydroxylation is 4. The second-order valence-corrected chi connectivity index (χ2v) is 13.9. The number of halogens is 1. The van der Waals surface area contributed by atoms with Gasteiger partial charge in [0.25, 0.3) is 6.47 Å². The van der Waals surface area contributed by atoms with Crippen LogP contribution in [0.25, 0.3) is 22.7 Å². The van der Waals surface area contributed by atoms with Gasteiger partial charge in [-0.2, -0.15) is 20.4 Å². The van der Waals surface area contributed by atoms with Crippen LogP contribution in [0.3, 0.4) is 0 Å². The molecule has 22 heteroatoms. The molecule has 0 unspecified atom stereocenters. The molecule has 2 N–H and O–H groups in total. The van der Waals surface area contributed by atoms with Crippen LogP contribution in [0, 0.1) is 0 Å². The maximum atomic E-state index is 12.3. The number of para-hydroxylation sites is 4. The first-order chi connectivity index (χ1) is 33.0. The van der Waals surface area contributed by atoms with Crippen molar-refractivity contribution in [2.45, 2.75) is 25.7 Å². The summed E-state index contributed by atoms with van der Waals surface area (Å²) in [7, 11) is 2.68. The molecular formula is C48H45IK2N8O11. The third-order valence-electron chi connectivity index (χ3n) is 9.58. The number of hydrogen-bond donors (Lipinski definition) is 2. The van der Waals surface area contributed by atoms with E-state index in [1.807, 2.05) is 102 Å². The van der Waals surface area contributed by atoms with Gasteiger partial charge in [-0.25, -0.2) is 37.9 Å². The average Bonchev–Trinajstić information content (AvgIpc) is 4.22. The van der Waals surface area contributed by atoms with Crippen LogP contribution in [0.2, 0.25) is 0 Å². The van der Waals surface area contributed by atoms with E-state index in [4.69, 9.17) is 19.5 Å². The Hall–Kier alpha value is -4.97. The molecule has 0 aliphatic carbocycles. The molecule has 8 rings (SSSR count). The molecule has 0 aliphatic heterocycles. The zero-order chi connectivity index (χ0) is 49.0. The Labute approximate surface area is 502 Å². The van der Waals surface area contributed by atoms with Gasteiger partial charge in [-0.05, 0) is 103 Å². The Balaban J connectivity index is 0.000000423. The SMILES string of the molecule is CI.COC(=O)c1cc(CCc2cc(C(=O)OC)n(-c3ccccc3)n2)nn1-c1ccccc1.O=C(O)c1cc(CCc2cc(C(=O)O)n(-c3ccccc3)n2)nn1-c1ccccc1.O=CO[O-].[H-].[K+].[K+]. The number of esters is 2. The van der Waals surface area contributed by atoms with E-state index in [1.165, 1.54) is 35.7 Å². The number of hydrogen-bond acceptors (Lipinski definition) is 13. The molecule has 0 saturated heterocycles. The Kier molecular flexibility index (Phi) is 26.0. The van der Waals surface area contributed by atoms with Crippen molar-refractivity contribution in [3.05, 3.63) is 191 Å². The molecule has 4 heterocycles. The molecule has 70 heavy (non-hydrogen) atoms. The first kappa shape index (κ1) is 59.3. The molecule has 0 aliphatic rings. The van der Waals surface area contributed by atoms with Crippen molar-refractivity contribution in [2.75, 3.05) is 19.2 Å². The van der Waals surface area contributed by atoms with E-state index < -0.39 is 23.9 Å². The standard InChI is InChI=1S/C24H22N4O4.C22H18N4O4.CH3I.CH2O3.2K.H/c1-31-23(29)21-15-17(25-27(21)19-9-5-3-6-10-19)13-14-18-16-22(24(30)32-2)28(26-18)20-11-7-4-8-12-20;27-21(28)19-13-15(23-25(19)17-7-3-1-4-8-17)11-12-16-14-20(22(29)30)26(24-16)18-9-5-2-6-10-18;1-2;2-1-4-3;;;/h3-12,15-16H,13-14H2,1-2H3;1-10,13-14H,11-12H2,(H,27,28)(H,29,30);1H3;1,3H;;;/q;;;;2*+1;-1/p-1. The predicted molar refractivity (Wildman–Crippen MR) is 254 cm³/mol. The van der Waals surface area contributed by atoms with E-state index in [9.17, 15) is 29.4 Å². The normalized spacial score (nSPS) is 9.90. The van der Waals surface area contributed by atoms with Crippen molar-refractivity contribution in [1.82, 2.24) is 39.1 Å². The number of rotatable bonds is 15. The fraction of sp³-hybridized carbons (Fsp3) is 0.146. The molecule has 0 atom stereocenters. The number of benzene rings is 4. The minimum absolute atomic E-state index is 0. The molecule has 0 spiro atoms. The number of ether oxygens (including phenoxy) is 2. The molecule has 0 radical (unpaired) electrons. The van der Waals surface area contributed by atoms with E-state index >= 15 is 0 Å². The van der Waals surface area contributed by atoms with Crippen molar-refractivity contribution in [3.63, 3.8) is 0 Å². The van der Waals surface area contributed by atoms with Gasteiger partial charge in [0.15, 0.2) is 22.8 Å². The third kappa shape index (κ3) is 16.3. The van der Waals surface area contributed by atoms with E-state index in [0.29, 0.717) is 71.2 Å². The quantitative estimate of drug-likeness (QED) is 0.0266. The summed E-state index contributed by atoms with van der Waals surface area (Å²) < 4.78 is 15.8. The number of aromatic carboxylic acids is 2. The largest absolute Gasteiger partial charge is 1.00 e. The van der Waals surface area contributed by atoms with Crippen LogP contribution in [0.1, 0.15) is 66.2 Å². The molecular weight excluding hydrogens is 1070 g/mol. The first-order valence-corrected chi connectivity index (χ1v) is 22.5. The minimum atomic E-state index is -1.07. The predicted octanol–water partition coefficient (Wildman–Crippen LogP) is 0.262. The van der Waals surface area contributed by atoms with Crippen molar-refractivity contribution in [1.29, 1.82) is 0 Å². The van der Waals surface area contributed by atoms with Crippen LogP contribution < -0.4 is 108 Å². The van der Waals surface area contributed by atoms with Gasteiger partial charge in [-0.15, -0.1) is 0 Å². The number of nitrogens with zero attached hydrogens (tertiary/aromatic N) is 8. The second kappa shape index (κ2) is 30.7. The van der Waals surface area contributed by atoms with Crippen LogP contribution >= 0.6 is 22.6 Å². The smallest absolute Gasteiger partial charge is 1.00 e. The van der Waals surface area contributed by atoms with Crippen molar-refractivity contribution < 1.29 is 158 Å². The van der Waals surface area contributed by atoms with Gasteiger partial charge in [-0.3, -0.25) is 4.79 Å². The van der Waals surface area contributed by atoms with Crippen molar-refractivity contribution >= 4 is 52.9 Å². The first-order valence-electron chi connectivity index (χ1n) is 20.4. The van der Waals surface area contributed by atoms with Gasteiger partial charge in [0.1, 0.15) is 0 Å². The molecule has 8 aromatic rings. The van der Waals surface area contributed by atoms with Gasteiger partial charge >= 0.3 is 127 Å². The molecule has 352 valence electrons. The molecule has 4 aromatic carbocycles. The topological polar surface area (TPSA) is 248 Å². The summed E-state index contributed by atoms with van der Waals surface area (Å²) in [5.74, 6) is -3.07. The Morgan fingerprint density at radius 2 is 0.714 bits per heavy atom. The van der Waals surface area contributed by atoms with Gasteiger partial charge in [0.2, 0.25) is 0 Å². The zero-order valence-corrected chi connectivity index (χ0v) is 47.2. The molecule has 0 saturated carbocycles. The minimum Gasteiger partial charge on any atom is -1.00 e. The molecule has 19 nitrogen and oxygen atoms in total. The van der Waals surface area contributed by atoms with Crippen molar-refractivity contribution in [3.8, 4) is 22.7 Å². The Morgan fingerprint density at radius 3 is 0.914 bits per heavy atom. The van der Waals surface area contributed by atoms with E-state index in [1.54, 1.807) is 45.8 Å². The number of methoxy groups -OCH3 is 2. The van der Waals surface area contributed by atoms with Crippen molar-refractivity contribution in [2.24, 2.45) is 0 Å². The monoisotopic (exact) mass is 1110 g/mol. The molecule has 0 bridgehead atoms. The van der Waals surface area contributed by atoms with E-state index in [-0.39, 0.29) is 122 Å². The van der Waals surface area contributed by atoms with Crippen LogP contribution in [0.4, 0.5) is 0 Å². The number of aromatic nitrogens is 8. The summed E-state index contributed by atoms with van der Waals surface area (Å²) in [6.45, 7) is -0.181. The fourth-order valence-electron chi connectivity index (χ4n) is 6.59. The summed E-state index contributed by atoms with van der Waals surface area (Å²) in [6.07, 6.45) is 1.89. The number of carboxylic acids is 2. The van der Waals surface area contributed by atoms with Crippen LogP contribution in [-0.2, 0) is 44.8 Å². The van der Waals surface area contributed by atoms with Crippen LogP contribution in [-0.4, -0.2) is 98.8 Å². The Bertz CT molecular complexity index is 2730. The van der Waals surface area contributed by atoms with Gasteiger partial charge in [0.05, 0.1) is 59.7 Å². The Morgan fingerprint density at radius 1 is 0.500 bits per heavy atom. The van der Waals surface area contributed by atoms with Gasteiger partial charge in [0, 0.05) is 0 Å². The van der Waals surface area contributed by atoms with Crippen LogP contribution in [0.15, 0.2) is 146 Å². The number of carbonyl (C=O) groups excluding carboxylic acids is 3. The molecule has 0 amide bonds. The summed E-state index contributed by atoms with van der Waals surface area (Å²) >= 11 is 2.15. The molecule has 0 fully saturated rings. The number of carbonyl (C=O) groups is 5. The van der Waals surface area contributed by atoms with Gasteiger partial charge in [-0.1, -0.05) is 95.4 Å². The summed E-state index contributed by atoms with van der Waals surface area (Å²) in [5, 5.41) is 45.5. The second-order valence-electron chi connectivity index (χ2n) is 13.9. The van der Waals surface area contributed by atoms with E-state index in [2.05, 4.69) is 47.9 Å².